The number of benzene rings is 3. The predicted octanol–water partition coefficient (Wildman–Crippen LogP) is 4.38. The quantitative estimate of drug-likeness (QED) is 0.579. The Balaban J connectivity index is 1.40. The summed E-state index contributed by atoms with van der Waals surface area (Å²) in [5.41, 5.74) is 1.23. The molecule has 0 aromatic heterocycles. The van der Waals surface area contributed by atoms with Crippen LogP contribution in [0.4, 0.5) is 8.78 Å². The number of nitrogens with one attached hydrogen (secondary N) is 2. The third kappa shape index (κ3) is 5.86. The minimum Gasteiger partial charge on any atom is -0.354 e. The van der Waals surface area contributed by atoms with Crippen LogP contribution >= 0.6 is 0 Å². The van der Waals surface area contributed by atoms with E-state index in [1.54, 1.807) is 6.07 Å². The van der Waals surface area contributed by atoms with Gasteiger partial charge in [0.05, 0.1) is 0 Å². The van der Waals surface area contributed by atoms with Gasteiger partial charge in [-0.1, -0.05) is 36.4 Å². The standard InChI is InChI=1S/C24H24F2N2O2/c1-16(6-7-17-8-11-21(25)22(26)14-17)28-23(29)12-13-27-24(30)20-10-9-18-4-2-3-5-19(18)15-20/h2-5,8-11,14-16H,6-7,12-13H2,1H3,(H,27,30)(H,28,29). The van der Waals surface area contributed by atoms with Gasteiger partial charge in [0.2, 0.25) is 5.91 Å². The molecule has 2 N–H and O–H groups in total. The lowest BCUT2D eigenvalue weighted by atomic mass is 10.1. The number of halogens is 2. The monoisotopic (exact) mass is 410 g/mol. The van der Waals surface area contributed by atoms with E-state index in [1.165, 1.54) is 12.1 Å². The van der Waals surface area contributed by atoms with Gasteiger partial charge in [-0.05, 0) is 60.4 Å². The Morgan fingerprint density at radius 2 is 1.70 bits per heavy atom. The van der Waals surface area contributed by atoms with E-state index in [2.05, 4.69) is 10.6 Å². The van der Waals surface area contributed by atoms with Gasteiger partial charge in [0.25, 0.3) is 5.91 Å². The molecule has 0 aliphatic rings. The molecule has 0 heterocycles. The molecule has 3 aromatic carbocycles. The van der Waals surface area contributed by atoms with Crippen LogP contribution < -0.4 is 10.6 Å². The number of amides is 2. The van der Waals surface area contributed by atoms with Crippen LogP contribution in [0.1, 0.15) is 35.7 Å². The van der Waals surface area contributed by atoms with Crippen molar-refractivity contribution in [2.75, 3.05) is 6.54 Å². The van der Waals surface area contributed by atoms with Gasteiger partial charge in [-0.15, -0.1) is 0 Å². The van der Waals surface area contributed by atoms with Crippen molar-refractivity contribution in [3.8, 4) is 0 Å². The molecule has 0 fully saturated rings. The minimum absolute atomic E-state index is 0.123. The average molecular weight is 410 g/mol. The molecular weight excluding hydrogens is 386 g/mol. The van der Waals surface area contributed by atoms with E-state index < -0.39 is 11.6 Å². The topological polar surface area (TPSA) is 58.2 Å². The van der Waals surface area contributed by atoms with Gasteiger partial charge in [-0.3, -0.25) is 9.59 Å². The lowest BCUT2D eigenvalue weighted by Gasteiger charge is -2.14. The third-order valence-corrected chi connectivity index (χ3v) is 4.91. The maximum atomic E-state index is 13.2. The second-order valence-corrected chi connectivity index (χ2v) is 7.32. The van der Waals surface area contributed by atoms with Crippen molar-refractivity contribution in [3.63, 3.8) is 0 Å². The van der Waals surface area contributed by atoms with Crippen molar-refractivity contribution >= 4 is 22.6 Å². The molecule has 3 aromatic rings. The van der Waals surface area contributed by atoms with Gasteiger partial charge in [-0.25, -0.2) is 8.78 Å². The van der Waals surface area contributed by atoms with Crippen molar-refractivity contribution < 1.29 is 18.4 Å². The Hall–Kier alpha value is -3.28. The van der Waals surface area contributed by atoms with Gasteiger partial charge < -0.3 is 10.6 Å². The zero-order valence-electron chi connectivity index (χ0n) is 16.8. The summed E-state index contributed by atoms with van der Waals surface area (Å²) in [5.74, 6) is -2.14. The molecule has 30 heavy (non-hydrogen) atoms. The maximum Gasteiger partial charge on any atom is 0.251 e. The number of carbonyl (C=O) groups is 2. The van der Waals surface area contributed by atoms with Gasteiger partial charge in [-0.2, -0.15) is 0 Å². The van der Waals surface area contributed by atoms with Crippen LogP contribution in [-0.2, 0) is 11.2 Å². The average Bonchev–Trinajstić information content (AvgIpc) is 2.74. The van der Waals surface area contributed by atoms with E-state index in [4.69, 9.17) is 0 Å². The number of carbonyl (C=O) groups excluding carboxylic acids is 2. The summed E-state index contributed by atoms with van der Waals surface area (Å²) in [4.78, 5) is 24.4. The summed E-state index contributed by atoms with van der Waals surface area (Å²) < 4.78 is 26.2. The first-order valence-corrected chi connectivity index (χ1v) is 9.92. The molecule has 0 saturated carbocycles. The molecular formula is C24H24F2N2O2. The molecule has 4 nitrogen and oxygen atoms in total. The first kappa shape index (κ1) is 21.4. The lowest BCUT2D eigenvalue weighted by molar-refractivity contribution is -0.121. The van der Waals surface area contributed by atoms with E-state index in [1.807, 2.05) is 43.3 Å². The molecule has 0 spiro atoms. The summed E-state index contributed by atoms with van der Waals surface area (Å²) in [6, 6.07) is 17.0. The number of aryl methyl sites for hydroxylation is 1. The second kappa shape index (κ2) is 9.96. The molecule has 6 heteroatoms. The fourth-order valence-corrected chi connectivity index (χ4v) is 3.22. The molecule has 0 saturated heterocycles. The highest BCUT2D eigenvalue weighted by atomic mass is 19.2. The van der Waals surface area contributed by atoms with Crippen molar-refractivity contribution in [2.45, 2.75) is 32.2 Å². The molecule has 1 unspecified atom stereocenters. The van der Waals surface area contributed by atoms with E-state index >= 15 is 0 Å². The predicted molar refractivity (Wildman–Crippen MR) is 113 cm³/mol. The summed E-state index contributed by atoms with van der Waals surface area (Å²) in [7, 11) is 0. The fraction of sp³-hybridized carbons (Fsp3) is 0.250. The minimum atomic E-state index is -0.870. The summed E-state index contributed by atoms with van der Waals surface area (Å²) >= 11 is 0. The summed E-state index contributed by atoms with van der Waals surface area (Å²) in [6.07, 6.45) is 1.28. The SMILES string of the molecule is CC(CCc1ccc(F)c(F)c1)NC(=O)CCNC(=O)c1ccc2ccccc2c1. The third-order valence-electron chi connectivity index (χ3n) is 4.91. The largest absolute Gasteiger partial charge is 0.354 e. The van der Waals surface area contributed by atoms with Crippen molar-refractivity contribution in [1.82, 2.24) is 10.6 Å². The zero-order valence-corrected chi connectivity index (χ0v) is 16.8. The Kier molecular flexibility index (Phi) is 7.12. The Morgan fingerprint density at radius 1 is 0.933 bits per heavy atom. The van der Waals surface area contributed by atoms with Crippen molar-refractivity contribution in [2.24, 2.45) is 0 Å². The normalized spacial score (nSPS) is 11.8. The number of fused-ring (bicyclic) bond motifs is 1. The fourth-order valence-electron chi connectivity index (χ4n) is 3.22. The van der Waals surface area contributed by atoms with Crippen LogP contribution in [0.15, 0.2) is 60.7 Å². The highest BCUT2D eigenvalue weighted by Gasteiger charge is 2.11. The highest BCUT2D eigenvalue weighted by molar-refractivity contribution is 5.98. The maximum absolute atomic E-state index is 13.2. The second-order valence-electron chi connectivity index (χ2n) is 7.32. The van der Waals surface area contributed by atoms with Crippen molar-refractivity contribution in [1.29, 1.82) is 0 Å². The van der Waals surface area contributed by atoms with Crippen LogP contribution in [0.25, 0.3) is 10.8 Å². The van der Waals surface area contributed by atoms with E-state index in [9.17, 15) is 18.4 Å². The van der Waals surface area contributed by atoms with E-state index in [0.29, 0.717) is 24.0 Å². The molecule has 0 bridgehead atoms. The number of hydrogen-bond donors (Lipinski definition) is 2. The Morgan fingerprint density at radius 3 is 2.47 bits per heavy atom. The molecule has 1 atom stereocenters. The van der Waals surface area contributed by atoms with Crippen LogP contribution in [0.5, 0.6) is 0 Å². The molecule has 2 amide bonds. The first-order valence-electron chi connectivity index (χ1n) is 9.92. The highest BCUT2D eigenvalue weighted by Crippen LogP contribution is 2.15. The molecule has 0 radical (unpaired) electrons. The lowest BCUT2D eigenvalue weighted by Crippen LogP contribution is -2.35. The Labute approximate surface area is 174 Å². The molecule has 0 aliphatic carbocycles. The van der Waals surface area contributed by atoms with Gasteiger partial charge in [0, 0.05) is 24.6 Å². The smallest absolute Gasteiger partial charge is 0.251 e. The molecule has 0 aliphatic heterocycles. The zero-order chi connectivity index (χ0) is 21.5. The van der Waals surface area contributed by atoms with Gasteiger partial charge in [0.15, 0.2) is 11.6 Å². The summed E-state index contributed by atoms with van der Waals surface area (Å²) in [5, 5.41) is 7.66. The van der Waals surface area contributed by atoms with E-state index in [0.717, 1.165) is 16.8 Å². The summed E-state index contributed by atoms with van der Waals surface area (Å²) in [6.45, 7) is 2.08. The van der Waals surface area contributed by atoms with Crippen LogP contribution in [0, 0.1) is 11.6 Å². The van der Waals surface area contributed by atoms with E-state index in [-0.39, 0.29) is 30.8 Å². The van der Waals surface area contributed by atoms with Crippen LogP contribution in [0.3, 0.4) is 0 Å². The van der Waals surface area contributed by atoms with Crippen molar-refractivity contribution in [3.05, 3.63) is 83.4 Å². The van der Waals surface area contributed by atoms with Gasteiger partial charge in [0.1, 0.15) is 0 Å². The number of hydrogen-bond acceptors (Lipinski definition) is 2. The molecule has 3 rings (SSSR count). The van der Waals surface area contributed by atoms with Gasteiger partial charge >= 0.3 is 0 Å². The Bertz CT molecular complexity index is 1050. The number of rotatable bonds is 8. The van der Waals surface area contributed by atoms with Crippen LogP contribution in [-0.4, -0.2) is 24.4 Å². The molecule has 156 valence electrons. The van der Waals surface area contributed by atoms with Crippen LogP contribution in [0.2, 0.25) is 0 Å². The first-order chi connectivity index (χ1) is 14.4.